The molecule has 2 rings (SSSR count). The van der Waals surface area contributed by atoms with E-state index in [2.05, 4.69) is 15.0 Å². The number of nitrogen functional groups attached to an aromatic ring is 1. The number of hydrazine groups is 1. The summed E-state index contributed by atoms with van der Waals surface area (Å²) < 4.78 is 43.3. The summed E-state index contributed by atoms with van der Waals surface area (Å²) in [5.41, 5.74) is 1.32. The molecule has 0 radical (unpaired) electrons. The quantitative estimate of drug-likeness (QED) is 0.664. The van der Waals surface area contributed by atoms with Crippen molar-refractivity contribution >= 4 is 5.95 Å². The van der Waals surface area contributed by atoms with E-state index >= 15 is 0 Å². The van der Waals surface area contributed by atoms with Gasteiger partial charge in [-0.15, -0.1) is 0 Å². The molecule has 0 amide bonds. The Morgan fingerprint density at radius 3 is 2.65 bits per heavy atom. The number of rotatable bonds is 3. The molecule has 106 valence electrons. The van der Waals surface area contributed by atoms with Crippen molar-refractivity contribution in [2.75, 3.05) is 5.43 Å². The topological polar surface area (TPSA) is 86.0 Å². The van der Waals surface area contributed by atoms with Gasteiger partial charge in [-0.25, -0.2) is 10.8 Å². The SMILES string of the molecule is Cc1ncccc1Oc1cc(C(F)(F)F)nc(NN)n1. The van der Waals surface area contributed by atoms with Crippen LogP contribution in [0, 0.1) is 6.92 Å². The lowest BCUT2D eigenvalue weighted by atomic mass is 10.3. The average Bonchev–Trinajstić information content (AvgIpc) is 2.40. The van der Waals surface area contributed by atoms with Crippen molar-refractivity contribution in [3.63, 3.8) is 0 Å². The first-order chi connectivity index (χ1) is 9.40. The molecule has 0 aliphatic rings. The van der Waals surface area contributed by atoms with E-state index in [1.165, 1.54) is 6.20 Å². The van der Waals surface area contributed by atoms with Crippen LogP contribution in [0.15, 0.2) is 24.4 Å². The third-order valence-electron chi connectivity index (χ3n) is 2.30. The zero-order valence-corrected chi connectivity index (χ0v) is 10.3. The molecule has 0 unspecified atom stereocenters. The molecule has 0 spiro atoms. The number of aromatic nitrogens is 3. The lowest BCUT2D eigenvalue weighted by Crippen LogP contribution is -2.15. The van der Waals surface area contributed by atoms with Crippen LogP contribution in [0.3, 0.4) is 0 Å². The number of halogens is 3. The highest BCUT2D eigenvalue weighted by molar-refractivity contribution is 5.35. The van der Waals surface area contributed by atoms with Gasteiger partial charge in [0.15, 0.2) is 11.4 Å². The van der Waals surface area contributed by atoms with Crippen molar-refractivity contribution < 1.29 is 17.9 Å². The van der Waals surface area contributed by atoms with E-state index in [1.807, 2.05) is 5.43 Å². The molecule has 20 heavy (non-hydrogen) atoms. The van der Waals surface area contributed by atoms with Crippen LogP contribution in [-0.2, 0) is 6.18 Å². The highest BCUT2D eigenvalue weighted by atomic mass is 19.4. The summed E-state index contributed by atoms with van der Waals surface area (Å²) >= 11 is 0. The molecule has 0 saturated carbocycles. The van der Waals surface area contributed by atoms with E-state index < -0.39 is 17.8 Å². The number of nitrogens with one attached hydrogen (secondary N) is 1. The van der Waals surface area contributed by atoms with Crippen LogP contribution < -0.4 is 16.0 Å². The van der Waals surface area contributed by atoms with Crippen LogP contribution in [0.2, 0.25) is 0 Å². The largest absolute Gasteiger partial charge is 0.437 e. The molecule has 0 aliphatic carbocycles. The van der Waals surface area contributed by atoms with Gasteiger partial charge in [0.25, 0.3) is 0 Å². The molecular weight excluding hydrogens is 275 g/mol. The molecule has 9 heteroatoms. The first-order valence-corrected chi connectivity index (χ1v) is 5.42. The molecule has 0 aliphatic heterocycles. The highest BCUT2D eigenvalue weighted by Gasteiger charge is 2.34. The van der Waals surface area contributed by atoms with Crippen LogP contribution in [0.4, 0.5) is 19.1 Å². The van der Waals surface area contributed by atoms with Crippen molar-refractivity contribution in [2.45, 2.75) is 13.1 Å². The number of aryl methyl sites for hydroxylation is 1. The molecule has 2 aromatic rings. The smallest absolute Gasteiger partial charge is 0.433 e. The predicted molar refractivity (Wildman–Crippen MR) is 63.9 cm³/mol. The Hall–Kier alpha value is -2.42. The number of anilines is 1. The summed E-state index contributed by atoms with van der Waals surface area (Å²) in [7, 11) is 0. The molecular formula is C11H10F3N5O. The lowest BCUT2D eigenvalue weighted by Gasteiger charge is -2.11. The van der Waals surface area contributed by atoms with Crippen LogP contribution in [0.25, 0.3) is 0 Å². The Bertz CT molecular complexity index is 617. The second-order valence-electron chi connectivity index (χ2n) is 3.75. The number of hydrogen-bond donors (Lipinski definition) is 2. The van der Waals surface area contributed by atoms with E-state index in [0.29, 0.717) is 17.5 Å². The Balaban J connectivity index is 2.39. The number of pyridine rings is 1. The zero-order valence-electron chi connectivity index (χ0n) is 10.3. The van der Waals surface area contributed by atoms with Gasteiger partial charge in [-0.3, -0.25) is 10.4 Å². The summed E-state index contributed by atoms with van der Waals surface area (Å²) in [4.78, 5) is 10.9. The minimum atomic E-state index is -4.63. The van der Waals surface area contributed by atoms with Crippen LogP contribution in [0.1, 0.15) is 11.4 Å². The van der Waals surface area contributed by atoms with Crippen molar-refractivity contribution in [1.82, 2.24) is 15.0 Å². The van der Waals surface area contributed by atoms with Gasteiger partial charge in [0.2, 0.25) is 11.8 Å². The Kier molecular flexibility index (Phi) is 3.70. The minimum Gasteiger partial charge on any atom is -0.437 e. The van der Waals surface area contributed by atoms with Crippen molar-refractivity contribution in [3.8, 4) is 11.6 Å². The van der Waals surface area contributed by atoms with Crippen LogP contribution in [-0.4, -0.2) is 15.0 Å². The lowest BCUT2D eigenvalue weighted by molar-refractivity contribution is -0.141. The van der Waals surface area contributed by atoms with E-state index in [0.717, 1.165) is 0 Å². The van der Waals surface area contributed by atoms with Crippen LogP contribution >= 0.6 is 0 Å². The maximum Gasteiger partial charge on any atom is 0.433 e. The molecule has 2 aromatic heterocycles. The van der Waals surface area contributed by atoms with Crippen molar-refractivity contribution in [2.24, 2.45) is 5.84 Å². The molecule has 2 heterocycles. The van der Waals surface area contributed by atoms with E-state index in [-0.39, 0.29) is 5.88 Å². The third kappa shape index (κ3) is 3.12. The van der Waals surface area contributed by atoms with Gasteiger partial charge in [-0.05, 0) is 19.1 Å². The molecule has 3 N–H and O–H groups in total. The van der Waals surface area contributed by atoms with E-state index in [4.69, 9.17) is 10.6 Å². The predicted octanol–water partition coefficient (Wildman–Crippen LogP) is 2.28. The zero-order chi connectivity index (χ0) is 14.8. The molecule has 0 atom stereocenters. The third-order valence-corrected chi connectivity index (χ3v) is 2.30. The molecule has 0 aromatic carbocycles. The van der Waals surface area contributed by atoms with Gasteiger partial charge in [0.05, 0.1) is 5.69 Å². The highest BCUT2D eigenvalue weighted by Crippen LogP contribution is 2.31. The second kappa shape index (κ2) is 5.29. The van der Waals surface area contributed by atoms with Crippen LogP contribution in [0.5, 0.6) is 11.6 Å². The fraction of sp³-hybridized carbons (Fsp3) is 0.182. The molecule has 6 nitrogen and oxygen atoms in total. The first kappa shape index (κ1) is 14.0. The van der Waals surface area contributed by atoms with E-state index in [9.17, 15) is 13.2 Å². The summed E-state index contributed by atoms with van der Waals surface area (Å²) in [6, 6.07) is 3.84. The summed E-state index contributed by atoms with van der Waals surface area (Å²) in [6.45, 7) is 1.66. The summed E-state index contributed by atoms with van der Waals surface area (Å²) in [5, 5.41) is 0. The van der Waals surface area contributed by atoms with Gasteiger partial charge < -0.3 is 4.74 Å². The monoisotopic (exact) mass is 285 g/mol. The maximum absolute atomic E-state index is 12.7. The van der Waals surface area contributed by atoms with Gasteiger partial charge in [0, 0.05) is 12.3 Å². The fourth-order valence-corrected chi connectivity index (χ4v) is 1.38. The number of nitrogens with zero attached hydrogens (tertiary/aromatic N) is 3. The molecule has 0 fully saturated rings. The maximum atomic E-state index is 12.7. The first-order valence-electron chi connectivity index (χ1n) is 5.42. The standard InChI is InChI=1S/C11H10F3N5O/c1-6-7(3-2-4-16-6)20-9-5-8(11(12,13)14)17-10(18-9)19-15/h2-5H,15H2,1H3,(H,17,18,19). The van der Waals surface area contributed by atoms with Gasteiger partial charge in [0.1, 0.15) is 0 Å². The van der Waals surface area contributed by atoms with Gasteiger partial charge in [-0.1, -0.05) is 0 Å². The summed E-state index contributed by atoms with van der Waals surface area (Å²) in [5.74, 6) is 4.66. The minimum absolute atomic E-state index is 0.281. The van der Waals surface area contributed by atoms with E-state index in [1.54, 1.807) is 19.1 Å². The Morgan fingerprint density at radius 1 is 1.30 bits per heavy atom. The van der Waals surface area contributed by atoms with Crippen molar-refractivity contribution in [1.29, 1.82) is 0 Å². The second-order valence-corrected chi connectivity index (χ2v) is 3.75. The normalized spacial score (nSPS) is 11.2. The molecule has 0 bridgehead atoms. The molecule has 0 saturated heterocycles. The number of alkyl halides is 3. The van der Waals surface area contributed by atoms with Crippen molar-refractivity contribution in [3.05, 3.63) is 35.8 Å². The summed E-state index contributed by atoms with van der Waals surface area (Å²) in [6.07, 6.45) is -3.09. The van der Waals surface area contributed by atoms with Gasteiger partial charge in [-0.2, -0.15) is 18.2 Å². The Morgan fingerprint density at radius 2 is 2.05 bits per heavy atom. The Labute approximate surface area is 111 Å². The van der Waals surface area contributed by atoms with Gasteiger partial charge >= 0.3 is 6.18 Å². The number of ether oxygens (including phenoxy) is 1. The fourth-order valence-electron chi connectivity index (χ4n) is 1.38. The average molecular weight is 285 g/mol. The number of hydrogen-bond acceptors (Lipinski definition) is 6. The number of nitrogens with two attached hydrogens (primary N) is 1.